The summed E-state index contributed by atoms with van der Waals surface area (Å²) in [5.41, 5.74) is 1.57. The summed E-state index contributed by atoms with van der Waals surface area (Å²) >= 11 is 0. The lowest BCUT2D eigenvalue weighted by molar-refractivity contribution is 0.201. The van der Waals surface area contributed by atoms with Gasteiger partial charge < -0.3 is 9.63 Å². The van der Waals surface area contributed by atoms with Crippen LogP contribution < -0.4 is 0 Å². The fourth-order valence-electron chi connectivity index (χ4n) is 1.28. The van der Waals surface area contributed by atoms with Gasteiger partial charge in [0.25, 0.3) is 0 Å². The molecule has 0 aliphatic heterocycles. The first kappa shape index (κ1) is 7.31. The highest BCUT2D eigenvalue weighted by atomic mass is 16.5. The van der Waals surface area contributed by atoms with E-state index < -0.39 is 6.10 Å². The van der Waals surface area contributed by atoms with Gasteiger partial charge in [0.2, 0.25) is 0 Å². The molecule has 1 aromatic carbocycles. The number of hydrogen-bond donors (Lipinski definition) is 1. The Kier molecular flexibility index (Phi) is 1.59. The average molecular weight is 163 g/mol. The van der Waals surface area contributed by atoms with E-state index in [9.17, 15) is 5.11 Å². The molecule has 2 aromatic rings. The van der Waals surface area contributed by atoms with Gasteiger partial charge in [-0.2, -0.15) is 0 Å². The number of hydrogen-bond acceptors (Lipinski definition) is 3. The van der Waals surface area contributed by atoms with Gasteiger partial charge >= 0.3 is 0 Å². The maximum absolute atomic E-state index is 9.37. The van der Waals surface area contributed by atoms with E-state index in [1.807, 2.05) is 18.2 Å². The fourth-order valence-corrected chi connectivity index (χ4v) is 1.28. The van der Waals surface area contributed by atoms with E-state index in [-0.39, 0.29) is 0 Å². The van der Waals surface area contributed by atoms with Crippen molar-refractivity contribution >= 4 is 11.0 Å². The summed E-state index contributed by atoms with van der Waals surface area (Å²) in [6.45, 7) is 1.72. The number of aromatic nitrogens is 1. The minimum absolute atomic E-state index is 0.479. The van der Waals surface area contributed by atoms with Crippen LogP contribution in [0.4, 0.5) is 0 Å². The molecule has 0 spiro atoms. The monoisotopic (exact) mass is 163 g/mol. The van der Waals surface area contributed by atoms with Crippen molar-refractivity contribution < 1.29 is 9.63 Å². The normalized spacial score (nSPS) is 13.5. The summed E-state index contributed by atoms with van der Waals surface area (Å²) in [7, 11) is 0. The first-order valence-corrected chi connectivity index (χ1v) is 3.80. The molecular weight excluding hydrogens is 154 g/mol. The predicted octanol–water partition coefficient (Wildman–Crippen LogP) is 1.88. The van der Waals surface area contributed by atoms with Crippen molar-refractivity contribution in [3.63, 3.8) is 0 Å². The van der Waals surface area contributed by atoms with Crippen molar-refractivity contribution in [3.8, 4) is 0 Å². The molecule has 1 N–H and O–H groups in total. The molecule has 1 aromatic heterocycles. The van der Waals surface area contributed by atoms with Crippen LogP contribution in [0.15, 0.2) is 28.9 Å². The molecule has 0 saturated carbocycles. The van der Waals surface area contributed by atoms with Crippen LogP contribution in [0.25, 0.3) is 11.0 Å². The molecule has 0 fully saturated rings. The summed E-state index contributed by atoms with van der Waals surface area (Å²) in [6.07, 6.45) is 1.14. The molecule has 0 bridgehead atoms. The van der Waals surface area contributed by atoms with Crippen molar-refractivity contribution in [2.24, 2.45) is 0 Å². The van der Waals surface area contributed by atoms with Crippen molar-refractivity contribution in [1.82, 2.24) is 5.16 Å². The van der Waals surface area contributed by atoms with Gasteiger partial charge in [-0.3, -0.25) is 0 Å². The molecular formula is C9H9NO2. The van der Waals surface area contributed by atoms with Crippen LogP contribution in [0.5, 0.6) is 0 Å². The standard InChI is InChI=1S/C9H9NO2/c1-6(11)7-3-2-4-9-8(7)5-10-12-9/h2-6,11H,1H3. The van der Waals surface area contributed by atoms with Crippen LogP contribution in [-0.4, -0.2) is 10.3 Å². The first-order chi connectivity index (χ1) is 5.79. The maximum atomic E-state index is 9.37. The highest BCUT2D eigenvalue weighted by Crippen LogP contribution is 2.23. The molecule has 0 radical (unpaired) electrons. The van der Waals surface area contributed by atoms with Crippen LogP contribution in [0, 0.1) is 0 Å². The molecule has 0 amide bonds. The zero-order valence-corrected chi connectivity index (χ0v) is 6.69. The Balaban J connectivity index is 2.73. The Morgan fingerprint density at radius 1 is 1.50 bits per heavy atom. The third-order valence-electron chi connectivity index (χ3n) is 1.88. The van der Waals surface area contributed by atoms with Crippen molar-refractivity contribution in [2.45, 2.75) is 13.0 Å². The molecule has 1 atom stereocenters. The lowest BCUT2D eigenvalue weighted by Gasteiger charge is -2.03. The zero-order valence-electron chi connectivity index (χ0n) is 6.69. The van der Waals surface area contributed by atoms with Crippen molar-refractivity contribution in [2.75, 3.05) is 0 Å². The quantitative estimate of drug-likeness (QED) is 0.698. The van der Waals surface area contributed by atoms with E-state index in [1.54, 1.807) is 13.1 Å². The summed E-state index contributed by atoms with van der Waals surface area (Å²) < 4.78 is 4.95. The molecule has 0 aliphatic rings. The predicted molar refractivity (Wildman–Crippen MR) is 44.6 cm³/mol. The third-order valence-corrected chi connectivity index (χ3v) is 1.88. The Morgan fingerprint density at radius 2 is 2.33 bits per heavy atom. The zero-order chi connectivity index (χ0) is 8.55. The summed E-state index contributed by atoms with van der Waals surface area (Å²) in [5.74, 6) is 0. The molecule has 12 heavy (non-hydrogen) atoms. The second-order valence-electron chi connectivity index (χ2n) is 2.76. The van der Waals surface area contributed by atoms with Crippen LogP contribution in [-0.2, 0) is 0 Å². The molecule has 0 saturated heterocycles. The Labute approximate surface area is 69.6 Å². The van der Waals surface area contributed by atoms with E-state index in [4.69, 9.17) is 4.52 Å². The first-order valence-electron chi connectivity index (χ1n) is 3.80. The average Bonchev–Trinajstić information content (AvgIpc) is 2.49. The van der Waals surface area contributed by atoms with Crippen molar-refractivity contribution in [1.29, 1.82) is 0 Å². The van der Waals surface area contributed by atoms with E-state index in [1.165, 1.54) is 0 Å². The number of benzene rings is 1. The largest absolute Gasteiger partial charge is 0.389 e. The smallest absolute Gasteiger partial charge is 0.167 e. The van der Waals surface area contributed by atoms with Gasteiger partial charge in [0.05, 0.1) is 12.3 Å². The van der Waals surface area contributed by atoms with Gasteiger partial charge in [-0.05, 0) is 18.6 Å². The summed E-state index contributed by atoms with van der Waals surface area (Å²) in [4.78, 5) is 0. The molecule has 1 unspecified atom stereocenters. The Morgan fingerprint density at radius 3 is 3.08 bits per heavy atom. The minimum Gasteiger partial charge on any atom is -0.389 e. The van der Waals surface area contributed by atoms with Crippen molar-refractivity contribution in [3.05, 3.63) is 30.0 Å². The van der Waals surface area contributed by atoms with E-state index >= 15 is 0 Å². The van der Waals surface area contributed by atoms with Gasteiger partial charge in [0.15, 0.2) is 5.58 Å². The van der Waals surface area contributed by atoms with E-state index in [2.05, 4.69) is 5.16 Å². The number of nitrogens with zero attached hydrogens (tertiary/aromatic N) is 1. The molecule has 62 valence electrons. The maximum Gasteiger partial charge on any atom is 0.167 e. The lowest BCUT2D eigenvalue weighted by Crippen LogP contribution is -1.90. The molecule has 0 aliphatic carbocycles. The topological polar surface area (TPSA) is 46.3 Å². The molecule has 3 heteroatoms. The van der Waals surface area contributed by atoms with Gasteiger partial charge in [0.1, 0.15) is 0 Å². The fraction of sp³-hybridized carbons (Fsp3) is 0.222. The molecule has 2 rings (SSSR count). The van der Waals surface area contributed by atoms with Gasteiger partial charge in [-0.15, -0.1) is 0 Å². The van der Waals surface area contributed by atoms with E-state index in [0.717, 1.165) is 10.9 Å². The van der Waals surface area contributed by atoms with Crippen LogP contribution in [0.2, 0.25) is 0 Å². The molecule has 3 nitrogen and oxygen atoms in total. The lowest BCUT2D eigenvalue weighted by atomic mass is 10.1. The Hall–Kier alpha value is -1.35. The number of aliphatic hydroxyl groups excluding tert-OH is 1. The third kappa shape index (κ3) is 0.987. The van der Waals surface area contributed by atoms with Crippen LogP contribution in [0.3, 0.4) is 0 Å². The van der Waals surface area contributed by atoms with Gasteiger partial charge in [-0.25, -0.2) is 0 Å². The van der Waals surface area contributed by atoms with Crippen LogP contribution >= 0.6 is 0 Å². The van der Waals surface area contributed by atoms with Gasteiger partial charge in [0, 0.05) is 5.39 Å². The number of rotatable bonds is 1. The second kappa shape index (κ2) is 2.60. The Bertz CT molecular complexity index is 392. The van der Waals surface area contributed by atoms with Gasteiger partial charge in [-0.1, -0.05) is 17.3 Å². The van der Waals surface area contributed by atoms with Crippen LogP contribution in [0.1, 0.15) is 18.6 Å². The minimum atomic E-state index is -0.479. The summed E-state index contributed by atoms with van der Waals surface area (Å²) in [6, 6.07) is 5.54. The highest BCUT2D eigenvalue weighted by Gasteiger charge is 2.07. The number of fused-ring (bicyclic) bond motifs is 1. The second-order valence-corrected chi connectivity index (χ2v) is 2.76. The SMILES string of the molecule is CC(O)c1cccc2oncc12. The highest BCUT2D eigenvalue weighted by molar-refractivity contribution is 5.80. The van der Waals surface area contributed by atoms with E-state index in [0.29, 0.717) is 5.58 Å². The molecule has 1 heterocycles. The summed E-state index contributed by atoms with van der Waals surface area (Å²) in [5, 5.41) is 13.9. The number of aliphatic hydroxyl groups is 1.